The van der Waals surface area contributed by atoms with Crippen LogP contribution >= 0.6 is 0 Å². The molecule has 1 amide bonds. The highest BCUT2D eigenvalue weighted by atomic mass is 16.5. The highest BCUT2D eigenvalue weighted by Gasteiger charge is 2.26. The third kappa shape index (κ3) is 3.89. The molecule has 2 aliphatic rings. The van der Waals surface area contributed by atoms with Crippen LogP contribution in [-0.2, 0) is 9.53 Å². The minimum absolute atomic E-state index is 0.0263. The van der Waals surface area contributed by atoms with Gasteiger partial charge in [0.1, 0.15) is 5.75 Å². The average Bonchev–Trinajstić information content (AvgIpc) is 2.69. The number of nitrogens with zero attached hydrogens (tertiary/aromatic N) is 1. The van der Waals surface area contributed by atoms with E-state index in [9.17, 15) is 4.79 Å². The van der Waals surface area contributed by atoms with Crippen LogP contribution in [0, 0.1) is 0 Å². The molecule has 2 atom stereocenters. The van der Waals surface area contributed by atoms with Crippen molar-refractivity contribution in [1.29, 1.82) is 0 Å². The predicted octanol–water partition coefficient (Wildman–Crippen LogP) is 2.70. The summed E-state index contributed by atoms with van der Waals surface area (Å²) in [6.07, 6.45) is 0.833. The Bertz CT molecular complexity index is 750. The van der Waals surface area contributed by atoms with Gasteiger partial charge in [-0.3, -0.25) is 9.69 Å². The van der Waals surface area contributed by atoms with Crippen LogP contribution in [-0.4, -0.2) is 43.7 Å². The number of benzene rings is 2. The maximum atomic E-state index is 12.6. The van der Waals surface area contributed by atoms with Crippen LogP contribution in [0.25, 0.3) is 0 Å². The quantitative estimate of drug-likeness (QED) is 0.919. The normalized spacial score (nSPS) is 22.9. The molecule has 2 heterocycles. The predicted molar refractivity (Wildman–Crippen MR) is 99.0 cm³/mol. The third-order valence-electron chi connectivity index (χ3n) is 4.98. The van der Waals surface area contributed by atoms with Gasteiger partial charge in [0.15, 0.2) is 0 Å². The zero-order valence-corrected chi connectivity index (χ0v) is 14.8. The molecule has 2 unspecified atom stereocenters. The molecule has 0 saturated carbocycles. The van der Waals surface area contributed by atoms with Crippen molar-refractivity contribution >= 4 is 5.91 Å². The number of hydrogen-bond donors (Lipinski definition) is 1. The van der Waals surface area contributed by atoms with E-state index in [0.717, 1.165) is 36.4 Å². The number of nitrogens with one attached hydrogen (secondary N) is 1. The van der Waals surface area contributed by atoms with E-state index in [2.05, 4.69) is 22.3 Å². The monoisotopic (exact) mass is 352 g/mol. The molecule has 1 N–H and O–H groups in total. The maximum Gasteiger partial charge on any atom is 0.234 e. The van der Waals surface area contributed by atoms with Crippen LogP contribution in [0.2, 0.25) is 0 Å². The average molecular weight is 352 g/mol. The summed E-state index contributed by atoms with van der Waals surface area (Å²) in [6, 6.07) is 18.2. The van der Waals surface area contributed by atoms with Gasteiger partial charge in [-0.2, -0.15) is 0 Å². The molecule has 0 spiro atoms. The van der Waals surface area contributed by atoms with Gasteiger partial charge in [-0.05, 0) is 11.6 Å². The van der Waals surface area contributed by atoms with E-state index in [0.29, 0.717) is 19.8 Å². The van der Waals surface area contributed by atoms with Gasteiger partial charge < -0.3 is 14.8 Å². The first-order chi connectivity index (χ1) is 12.8. The van der Waals surface area contributed by atoms with Crippen LogP contribution in [0.4, 0.5) is 0 Å². The number of hydrogen-bond acceptors (Lipinski definition) is 4. The minimum atomic E-state index is 0.0263. The number of amides is 1. The van der Waals surface area contributed by atoms with E-state index in [4.69, 9.17) is 9.47 Å². The van der Waals surface area contributed by atoms with E-state index < -0.39 is 0 Å². The molecule has 2 aromatic rings. The first-order valence-electron chi connectivity index (χ1n) is 9.19. The largest absolute Gasteiger partial charge is 0.493 e. The molecule has 2 aliphatic heterocycles. The number of fused-ring (bicyclic) bond motifs is 1. The van der Waals surface area contributed by atoms with E-state index in [-0.39, 0.29) is 18.1 Å². The molecule has 5 heteroatoms. The van der Waals surface area contributed by atoms with Gasteiger partial charge in [0.2, 0.25) is 5.91 Å². The summed E-state index contributed by atoms with van der Waals surface area (Å²) in [5.74, 6) is 0.931. The number of ether oxygens (including phenoxy) is 2. The van der Waals surface area contributed by atoms with E-state index >= 15 is 0 Å². The number of para-hydroxylation sites is 1. The number of carbonyl (C=O) groups excluding carboxylic acids is 1. The Morgan fingerprint density at radius 1 is 1.08 bits per heavy atom. The summed E-state index contributed by atoms with van der Waals surface area (Å²) in [7, 11) is 0. The maximum absolute atomic E-state index is 12.6. The summed E-state index contributed by atoms with van der Waals surface area (Å²) in [5, 5.41) is 3.18. The van der Waals surface area contributed by atoms with E-state index in [1.54, 1.807) is 0 Å². The van der Waals surface area contributed by atoms with Crippen LogP contribution < -0.4 is 10.1 Å². The number of carbonyl (C=O) groups is 1. The summed E-state index contributed by atoms with van der Waals surface area (Å²) in [5.41, 5.74) is 2.23. The Labute approximate surface area is 153 Å². The Hall–Kier alpha value is -2.37. The summed E-state index contributed by atoms with van der Waals surface area (Å²) in [4.78, 5) is 14.8. The molecular formula is C21H24N2O3. The molecule has 1 fully saturated rings. The lowest BCUT2D eigenvalue weighted by molar-refractivity contribution is -0.125. The van der Waals surface area contributed by atoms with Crippen LogP contribution in [0.5, 0.6) is 5.75 Å². The summed E-state index contributed by atoms with van der Waals surface area (Å²) >= 11 is 0. The van der Waals surface area contributed by atoms with Gasteiger partial charge in [-0.1, -0.05) is 48.5 Å². The molecule has 2 aromatic carbocycles. The Balaban J connectivity index is 1.35. The molecule has 0 radical (unpaired) electrons. The summed E-state index contributed by atoms with van der Waals surface area (Å²) in [6.45, 7) is 3.19. The topological polar surface area (TPSA) is 50.8 Å². The second-order valence-electron chi connectivity index (χ2n) is 6.80. The van der Waals surface area contributed by atoms with E-state index in [1.165, 1.54) is 0 Å². The van der Waals surface area contributed by atoms with Crippen molar-refractivity contribution in [2.24, 2.45) is 0 Å². The first kappa shape index (κ1) is 17.1. The lowest BCUT2D eigenvalue weighted by Gasteiger charge is -2.33. The Kier molecular flexibility index (Phi) is 5.18. The zero-order chi connectivity index (χ0) is 17.8. The molecule has 5 nitrogen and oxygen atoms in total. The molecule has 0 aliphatic carbocycles. The van der Waals surface area contributed by atoms with Gasteiger partial charge in [0.05, 0.1) is 31.9 Å². The SMILES string of the molecule is O=C(CN1CCOC(c2ccccc2)C1)NC1CCOc2ccccc21. The van der Waals surface area contributed by atoms with Crippen molar-refractivity contribution in [2.45, 2.75) is 18.6 Å². The van der Waals surface area contributed by atoms with Crippen LogP contribution in [0.15, 0.2) is 54.6 Å². The minimum Gasteiger partial charge on any atom is -0.493 e. The van der Waals surface area contributed by atoms with Crippen molar-refractivity contribution in [3.63, 3.8) is 0 Å². The lowest BCUT2D eigenvalue weighted by atomic mass is 10.0. The van der Waals surface area contributed by atoms with Gasteiger partial charge in [-0.15, -0.1) is 0 Å². The van der Waals surface area contributed by atoms with Crippen molar-refractivity contribution in [3.05, 3.63) is 65.7 Å². The molecule has 136 valence electrons. The molecule has 0 aromatic heterocycles. The second-order valence-corrected chi connectivity index (χ2v) is 6.80. The Morgan fingerprint density at radius 3 is 2.77 bits per heavy atom. The van der Waals surface area contributed by atoms with Gasteiger partial charge in [-0.25, -0.2) is 0 Å². The van der Waals surface area contributed by atoms with Gasteiger partial charge in [0.25, 0.3) is 0 Å². The fraction of sp³-hybridized carbons (Fsp3) is 0.381. The standard InChI is InChI=1S/C21H24N2O3/c24-21(22-18-10-12-25-19-9-5-4-8-17(18)19)15-23-11-13-26-20(14-23)16-6-2-1-3-7-16/h1-9,18,20H,10-15H2,(H,22,24). The number of morpholine rings is 1. The van der Waals surface area contributed by atoms with Crippen molar-refractivity contribution < 1.29 is 14.3 Å². The fourth-order valence-electron chi connectivity index (χ4n) is 3.65. The Morgan fingerprint density at radius 2 is 1.88 bits per heavy atom. The van der Waals surface area contributed by atoms with Gasteiger partial charge in [0, 0.05) is 25.1 Å². The van der Waals surface area contributed by atoms with Crippen molar-refractivity contribution in [3.8, 4) is 5.75 Å². The second kappa shape index (κ2) is 7.89. The number of rotatable bonds is 4. The van der Waals surface area contributed by atoms with Gasteiger partial charge >= 0.3 is 0 Å². The van der Waals surface area contributed by atoms with Crippen LogP contribution in [0.1, 0.15) is 29.7 Å². The molecule has 4 rings (SSSR count). The fourth-order valence-corrected chi connectivity index (χ4v) is 3.65. The lowest BCUT2D eigenvalue weighted by Crippen LogP contribution is -2.45. The highest BCUT2D eigenvalue weighted by molar-refractivity contribution is 5.78. The first-order valence-corrected chi connectivity index (χ1v) is 9.19. The van der Waals surface area contributed by atoms with Crippen molar-refractivity contribution in [1.82, 2.24) is 10.2 Å². The molecular weight excluding hydrogens is 328 g/mol. The highest BCUT2D eigenvalue weighted by Crippen LogP contribution is 2.31. The molecule has 26 heavy (non-hydrogen) atoms. The van der Waals surface area contributed by atoms with Crippen molar-refractivity contribution in [2.75, 3.05) is 32.8 Å². The van der Waals surface area contributed by atoms with Crippen LogP contribution in [0.3, 0.4) is 0 Å². The summed E-state index contributed by atoms with van der Waals surface area (Å²) < 4.78 is 11.6. The smallest absolute Gasteiger partial charge is 0.234 e. The molecule has 1 saturated heterocycles. The van der Waals surface area contributed by atoms with E-state index in [1.807, 2.05) is 42.5 Å². The zero-order valence-electron chi connectivity index (χ0n) is 14.8. The third-order valence-corrected chi connectivity index (χ3v) is 4.98. The molecule has 0 bridgehead atoms.